The molecule has 0 radical (unpaired) electrons. The largest absolute Gasteiger partial charge is 0.507 e. The summed E-state index contributed by atoms with van der Waals surface area (Å²) >= 11 is 0. The van der Waals surface area contributed by atoms with Crippen LogP contribution in [0.2, 0.25) is 0 Å². The number of esters is 1. The van der Waals surface area contributed by atoms with Gasteiger partial charge in [0.25, 0.3) is 5.91 Å². The number of hydrogen-bond donors (Lipinski definition) is 2. The molecular formula is C23H23NO7. The Labute approximate surface area is 178 Å². The lowest BCUT2D eigenvalue weighted by Crippen LogP contribution is -2.46. The lowest BCUT2D eigenvalue weighted by molar-refractivity contribution is -0.146. The Morgan fingerprint density at radius 1 is 1.13 bits per heavy atom. The minimum Gasteiger partial charge on any atom is -0.507 e. The summed E-state index contributed by atoms with van der Waals surface area (Å²) in [4.78, 5) is 36.5. The van der Waals surface area contributed by atoms with E-state index in [9.17, 15) is 19.5 Å². The molecule has 31 heavy (non-hydrogen) atoms. The third-order valence-electron chi connectivity index (χ3n) is 4.65. The predicted molar refractivity (Wildman–Crippen MR) is 114 cm³/mol. The first-order valence-electron chi connectivity index (χ1n) is 9.66. The molecule has 0 spiro atoms. The first-order chi connectivity index (χ1) is 14.8. The van der Waals surface area contributed by atoms with Crippen LogP contribution < -0.4 is 15.5 Å². The van der Waals surface area contributed by atoms with Crippen molar-refractivity contribution in [2.45, 2.75) is 19.9 Å². The van der Waals surface area contributed by atoms with Crippen molar-refractivity contribution >= 4 is 22.8 Å². The van der Waals surface area contributed by atoms with E-state index in [-0.39, 0.29) is 28.4 Å². The van der Waals surface area contributed by atoms with Gasteiger partial charge >= 0.3 is 5.97 Å². The van der Waals surface area contributed by atoms with Crippen molar-refractivity contribution in [2.75, 3.05) is 13.7 Å². The molecule has 0 aliphatic carbocycles. The molecule has 162 valence electrons. The Bertz CT molecular complexity index is 1150. The van der Waals surface area contributed by atoms with Crippen LogP contribution in [0.15, 0.2) is 57.7 Å². The van der Waals surface area contributed by atoms with E-state index >= 15 is 0 Å². The molecule has 1 atom stereocenters. The Hall–Kier alpha value is -3.81. The molecule has 0 aliphatic rings. The number of benzene rings is 2. The number of fused-ring (bicyclic) bond motifs is 1. The standard InChI is InChI=1S/C23H23NO7/c1-13(2)22(23(28)29-3)24-20(27)12-30-15-9-16(25)21-17(26)11-18(31-19(21)10-15)14-7-5-4-6-8-14/h4-11,13,22,25H,12H2,1-3H3,(H,24,27)/t22-/m1/s1. The molecule has 0 saturated heterocycles. The molecule has 0 fully saturated rings. The number of ether oxygens (including phenoxy) is 2. The monoisotopic (exact) mass is 425 g/mol. The summed E-state index contributed by atoms with van der Waals surface area (Å²) in [6.45, 7) is 3.14. The minimum absolute atomic E-state index is 0.0158. The van der Waals surface area contributed by atoms with E-state index in [1.165, 1.54) is 25.3 Å². The smallest absolute Gasteiger partial charge is 0.328 e. The average molecular weight is 425 g/mol. The number of aromatic hydroxyl groups is 1. The van der Waals surface area contributed by atoms with Gasteiger partial charge in [-0.15, -0.1) is 0 Å². The lowest BCUT2D eigenvalue weighted by Gasteiger charge is -2.19. The number of phenolic OH excluding ortho intramolecular Hbond substituents is 1. The molecular weight excluding hydrogens is 402 g/mol. The molecule has 8 nitrogen and oxygen atoms in total. The highest BCUT2D eigenvalue weighted by Gasteiger charge is 2.25. The molecule has 2 aromatic carbocycles. The zero-order chi connectivity index (χ0) is 22.5. The van der Waals surface area contributed by atoms with Crippen molar-refractivity contribution < 1.29 is 28.6 Å². The Kier molecular flexibility index (Phi) is 6.59. The second-order valence-electron chi connectivity index (χ2n) is 7.26. The van der Waals surface area contributed by atoms with Crippen LogP contribution in [0.1, 0.15) is 13.8 Å². The van der Waals surface area contributed by atoms with Crippen LogP contribution in [0.25, 0.3) is 22.3 Å². The Morgan fingerprint density at radius 3 is 2.48 bits per heavy atom. The maximum Gasteiger partial charge on any atom is 0.328 e. The molecule has 3 rings (SSSR count). The van der Waals surface area contributed by atoms with Crippen molar-refractivity contribution in [3.05, 3.63) is 58.8 Å². The number of carbonyl (C=O) groups is 2. The summed E-state index contributed by atoms with van der Waals surface area (Å²) in [5.74, 6) is -1.12. The van der Waals surface area contributed by atoms with Gasteiger partial charge in [-0.2, -0.15) is 0 Å². The maximum atomic E-state index is 12.5. The first kappa shape index (κ1) is 21.9. The fraction of sp³-hybridized carbons (Fsp3) is 0.261. The number of methoxy groups -OCH3 is 1. The quantitative estimate of drug-likeness (QED) is 0.559. The van der Waals surface area contributed by atoms with Crippen molar-refractivity contribution in [1.82, 2.24) is 5.32 Å². The van der Waals surface area contributed by atoms with Gasteiger partial charge in [0.05, 0.1) is 7.11 Å². The van der Waals surface area contributed by atoms with Crippen LogP contribution >= 0.6 is 0 Å². The highest BCUT2D eigenvalue weighted by molar-refractivity contribution is 5.87. The van der Waals surface area contributed by atoms with Gasteiger partial charge in [-0.25, -0.2) is 4.79 Å². The summed E-state index contributed by atoms with van der Waals surface area (Å²) in [7, 11) is 1.25. The van der Waals surface area contributed by atoms with E-state index in [1.54, 1.807) is 26.0 Å². The van der Waals surface area contributed by atoms with E-state index in [0.717, 1.165) is 0 Å². The third kappa shape index (κ3) is 5.03. The number of hydrogen-bond acceptors (Lipinski definition) is 7. The molecule has 2 N–H and O–H groups in total. The predicted octanol–water partition coefficient (Wildman–Crippen LogP) is 2.86. The van der Waals surface area contributed by atoms with Gasteiger partial charge in [0.2, 0.25) is 0 Å². The van der Waals surface area contributed by atoms with Gasteiger partial charge in [-0.1, -0.05) is 44.2 Å². The van der Waals surface area contributed by atoms with E-state index in [2.05, 4.69) is 5.32 Å². The van der Waals surface area contributed by atoms with Crippen LogP contribution in [0.4, 0.5) is 0 Å². The van der Waals surface area contributed by atoms with E-state index in [4.69, 9.17) is 13.9 Å². The molecule has 8 heteroatoms. The normalized spacial score (nSPS) is 11.9. The van der Waals surface area contributed by atoms with Gasteiger partial charge in [0.15, 0.2) is 12.0 Å². The van der Waals surface area contributed by atoms with E-state index < -0.39 is 30.0 Å². The number of nitrogens with one attached hydrogen (secondary N) is 1. The summed E-state index contributed by atoms with van der Waals surface area (Å²) in [6.07, 6.45) is 0. The van der Waals surface area contributed by atoms with Crippen LogP contribution in [0, 0.1) is 5.92 Å². The lowest BCUT2D eigenvalue weighted by atomic mass is 10.0. The van der Waals surface area contributed by atoms with Crippen LogP contribution in [-0.4, -0.2) is 36.7 Å². The van der Waals surface area contributed by atoms with E-state index in [0.29, 0.717) is 11.3 Å². The molecule has 0 saturated carbocycles. The highest BCUT2D eigenvalue weighted by atomic mass is 16.5. The molecule has 3 aromatic rings. The molecule has 0 aliphatic heterocycles. The van der Waals surface area contributed by atoms with Crippen molar-refractivity contribution in [3.63, 3.8) is 0 Å². The summed E-state index contributed by atoms with van der Waals surface area (Å²) in [5.41, 5.74) is 0.422. The van der Waals surface area contributed by atoms with Crippen LogP contribution in [-0.2, 0) is 14.3 Å². The fourth-order valence-electron chi connectivity index (χ4n) is 3.06. The number of rotatable bonds is 7. The van der Waals surface area contributed by atoms with Gasteiger partial charge in [-0.05, 0) is 5.92 Å². The Balaban J connectivity index is 1.82. The van der Waals surface area contributed by atoms with Gasteiger partial charge in [0, 0.05) is 23.8 Å². The highest BCUT2D eigenvalue weighted by Crippen LogP contribution is 2.31. The average Bonchev–Trinajstić information content (AvgIpc) is 2.75. The van der Waals surface area contributed by atoms with Gasteiger partial charge < -0.3 is 24.3 Å². The topological polar surface area (TPSA) is 115 Å². The number of carbonyl (C=O) groups excluding carboxylic acids is 2. The van der Waals surface area contributed by atoms with E-state index in [1.807, 2.05) is 18.2 Å². The second-order valence-corrected chi connectivity index (χ2v) is 7.26. The minimum atomic E-state index is -0.808. The molecule has 1 amide bonds. The van der Waals surface area contributed by atoms with Gasteiger partial charge in [0.1, 0.15) is 34.3 Å². The molecule has 1 aromatic heterocycles. The maximum absolute atomic E-state index is 12.5. The second kappa shape index (κ2) is 9.34. The fourth-order valence-corrected chi connectivity index (χ4v) is 3.06. The van der Waals surface area contributed by atoms with Crippen LogP contribution in [0.5, 0.6) is 11.5 Å². The molecule has 0 bridgehead atoms. The van der Waals surface area contributed by atoms with Crippen molar-refractivity contribution in [1.29, 1.82) is 0 Å². The molecule has 1 heterocycles. The summed E-state index contributed by atoms with van der Waals surface area (Å²) in [6, 6.07) is 12.2. The van der Waals surface area contributed by atoms with Crippen molar-refractivity contribution in [3.8, 4) is 22.8 Å². The number of amides is 1. The zero-order valence-corrected chi connectivity index (χ0v) is 17.4. The first-order valence-corrected chi connectivity index (χ1v) is 9.66. The number of phenols is 1. The zero-order valence-electron chi connectivity index (χ0n) is 17.4. The van der Waals surface area contributed by atoms with Gasteiger partial charge in [-0.3, -0.25) is 9.59 Å². The Morgan fingerprint density at radius 2 is 1.84 bits per heavy atom. The third-order valence-corrected chi connectivity index (χ3v) is 4.65. The molecule has 0 unspecified atom stereocenters. The van der Waals surface area contributed by atoms with Crippen LogP contribution in [0.3, 0.4) is 0 Å². The summed E-state index contributed by atoms with van der Waals surface area (Å²) in [5, 5.41) is 12.9. The SMILES string of the molecule is COC(=O)[C@H](NC(=O)COc1cc(O)c2c(=O)cc(-c3ccccc3)oc2c1)C(C)C. The summed E-state index contributed by atoms with van der Waals surface area (Å²) < 4.78 is 15.9. The van der Waals surface area contributed by atoms with Crippen molar-refractivity contribution in [2.24, 2.45) is 5.92 Å².